The van der Waals surface area contributed by atoms with Crippen LogP contribution in [0.5, 0.6) is 0 Å². The Hall–Kier alpha value is -6.63. The van der Waals surface area contributed by atoms with Gasteiger partial charge >= 0.3 is 0 Å². The van der Waals surface area contributed by atoms with Gasteiger partial charge in [0.05, 0.1) is 5.56 Å². The SMILES string of the molecule is c1ccc(-c2nc(-c3ccc4c(c3)oc3ccccc34)nc(-c3ccc(-c4ccc5sc6ccccc6c5c4)c4c3oc3ccccc34)n2)cc1. The first kappa shape index (κ1) is 28.2. The van der Waals surface area contributed by atoms with Gasteiger partial charge in [-0.25, -0.2) is 15.0 Å². The number of benzene rings is 7. The second kappa shape index (κ2) is 10.9. The molecule has 0 bridgehead atoms. The number of aromatic nitrogens is 3. The van der Waals surface area contributed by atoms with E-state index < -0.39 is 0 Å². The molecule has 0 fully saturated rings. The van der Waals surface area contributed by atoms with Gasteiger partial charge in [-0.15, -0.1) is 11.3 Å². The molecular weight excluding hydrogens is 647 g/mol. The van der Waals surface area contributed by atoms with Gasteiger partial charge in [0.25, 0.3) is 0 Å². The Kier molecular flexibility index (Phi) is 6.05. The van der Waals surface area contributed by atoms with E-state index in [9.17, 15) is 0 Å². The van der Waals surface area contributed by atoms with Gasteiger partial charge in [0.1, 0.15) is 22.3 Å². The molecule has 0 unspecified atom stereocenters. The summed E-state index contributed by atoms with van der Waals surface area (Å²) < 4.78 is 15.5. The molecule has 51 heavy (non-hydrogen) atoms. The van der Waals surface area contributed by atoms with Crippen LogP contribution in [0.4, 0.5) is 0 Å². The Morgan fingerprint density at radius 1 is 0.373 bits per heavy atom. The van der Waals surface area contributed by atoms with E-state index >= 15 is 0 Å². The van der Waals surface area contributed by atoms with E-state index in [-0.39, 0.29) is 0 Å². The van der Waals surface area contributed by atoms with Crippen molar-refractivity contribution in [2.45, 2.75) is 0 Å². The van der Waals surface area contributed by atoms with Gasteiger partial charge in [0, 0.05) is 52.8 Å². The van der Waals surface area contributed by atoms with Crippen molar-refractivity contribution < 1.29 is 8.83 Å². The monoisotopic (exact) mass is 671 g/mol. The van der Waals surface area contributed by atoms with E-state index in [1.165, 1.54) is 20.2 Å². The van der Waals surface area contributed by atoms with Gasteiger partial charge in [0.15, 0.2) is 17.5 Å². The van der Waals surface area contributed by atoms with Crippen LogP contribution in [-0.2, 0) is 0 Å². The Balaban J connectivity index is 1.15. The van der Waals surface area contributed by atoms with Crippen LogP contribution in [0.3, 0.4) is 0 Å². The smallest absolute Gasteiger partial charge is 0.167 e. The maximum atomic E-state index is 6.71. The molecule has 0 aliphatic heterocycles. The molecule has 0 spiro atoms. The summed E-state index contributed by atoms with van der Waals surface area (Å²) in [5.74, 6) is 1.69. The highest BCUT2D eigenvalue weighted by Crippen LogP contribution is 2.43. The van der Waals surface area contributed by atoms with Gasteiger partial charge in [0.2, 0.25) is 0 Å². The maximum absolute atomic E-state index is 6.71. The van der Waals surface area contributed by atoms with E-state index in [1.54, 1.807) is 0 Å². The van der Waals surface area contributed by atoms with E-state index in [2.05, 4.69) is 84.9 Å². The second-order valence-electron chi connectivity index (χ2n) is 12.8. The molecule has 0 amide bonds. The molecule has 7 aromatic carbocycles. The molecule has 0 N–H and O–H groups in total. The van der Waals surface area contributed by atoms with Crippen LogP contribution < -0.4 is 0 Å². The number of fused-ring (bicyclic) bond motifs is 9. The molecule has 0 saturated heterocycles. The fourth-order valence-corrected chi connectivity index (χ4v) is 8.43. The van der Waals surface area contributed by atoms with Crippen molar-refractivity contribution in [2.24, 2.45) is 0 Å². The summed E-state index contributed by atoms with van der Waals surface area (Å²) in [6.07, 6.45) is 0. The Labute approximate surface area is 295 Å². The quantitative estimate of drug-likeness (QED) is 0.186. The summed E-state index contributed by atoms with van der Waals surface area (Å²) in [7, 11) is 0. The summed E-state index contributed by atoms with van der Waals surface area (Å²) in [6.45, 7) is 0. The minimum Gasteiger partial charge on any atom is -0.456 e. The van der Waals surface area contributed by atoms with Crippen LogP contribution in [0.1, 0.15) is 0 Å². The number of nitrogens with zero attached hydrogens (tertiary/aromatic N) is 3. The highest BCUT2D eigenvalue weighted by atomic mass is 32.1. The maximum Gasteiger partial charge on any atom is 0.167 e. The highest BCUT2D eigenvalue weighted by molar-refractivity contribution is 7.25. The molecule has 0 radical (unpaired) electrons. The third kappa shape index (κ3) is 4.43. The van der Waals surface area contributed by atoms with Crippen LogP contribution >= 0.6 is 11.3 Å². The summed E-state index contributed by atoms with van der Waals surface area (Å²) in [6, 6.07) is 52.2. The Morgan fingerprint density at radius 3 is 1.86 bits per heavy atom. The van der Waals surface area contributed by atoms with Crippen molar-refractivity contribution in [3.05, 3.63) is 152 Å². The molecule has 11 rings (SSSR count). The first-order valence-corrected chi connectivity index (χ1v) is 17.7. The summed E-state index contributed by atoms with van der Waals surface area (Å²) >= 11 is 1.83. The molecule has 5 nitrogen and oxygen atoms in total. The topological polar surface area (TPSA) is 65.0 Å². The van der Waals surface area contributed by atoms with E-state index in [1.807, 2.05) is 78.1 Å². The molecule has 0 aliphatic carbocycles. The summed E-state index contributed by atoms with van der Waals surface area (Å²) in [5.41, 5.74) is 7.98. The van der Waals surface area contributed by atoms with Gasteiger partial charge in [-0.1, -0.05) is 103 Å². The number of rotatable bonds is 4. The average Bonchev–Trinajstić information content (AvgIpc) is 3.89. The second-order valence-corrected chi connectivity index (χ2v) is 13.8. The molecule has 11 aromatic rings. The van der Waals surface area contributed by atoms with Crippen LogP contribution in [-0.4, -0.2) is 15.0 Å². The van der Waals surface area contributed by atoms with E-state index in [0.29, 0.717) is 17.5 Å². The molecule has 4 heterocycles. The van der Waals surface area contributed by atoms with Gasteiger partial charge in [-0.2, -0.15) is 0 Å². The number of hydrogen-bond acceptors (Lipinski definition) is 6. The van der Waals surface area contributed by atoms with E-state index in [0.717, 1.165) is 71.7 Å². The fraction of sp³-hybridized carbons (Fsp3) is 0. The minimum absolute atomic E-state index is 0.540. The zero-order valence-electron chi connectivity index (χ0n) is 27.0. The van der Waals surface area contributed by atoms with Crippen molar-refractivity contribution in [3.8, 4) is 45.3 Å². The number of thiophene rings is 1. The minimum atomic E-state index is 0.540. The van der Waals surface area contributed by atoms with Crippen LogP contribution in [0.25, 0.3) is 109 Å². The molecule has 0 aliphatic rings. The lowest BCUT2D eigenvalue weighted by atomic mass is 9.96. The third-order valence-corrected chi connectivity index (χ3v) is 10.9. The lowest BCUT2D eigenvalue weighted by Gasteiger charge is -2.11. The van der Waals surface area contributed by atoms with Crippen molar-refractivity contribution in [3.63, 3.8) is 0 Å². The van der Waals surface area contributed by atoms with Crippen molar-refractivity contribution in [2.75, 3.05) is 0 Å². The number of para-hydroxylation sites is 2. The van der Waals surface area contributed by atoms with Crippen molar-refractivity contribution >= 4 is 75.4 Å². The lowest BCUT2D eigenvalue weighted by molar-refractivity contribution is 0.668. The fourth-order valence-electron chi connectivity index (χ4n) is 7.35. The van der Waals surface area contributed by atoms with Crippen LogP contribution in [0.2, 0.25) is 0 Å². The molecule has 6 heteroatoms. The Bertz CT molecular complexity index is 3160. The lowest BCUT2D eigenvalue weighted by Crippen LogP contribution is -2.00. The number of furan rings is 2. The predicted molar refractivity (Wildman–Crippen MR) is 209 cm³/mol. The highest BCUT2D eigenvalue weighted by Gasteiger charge is 2.21. The summed E-state index contributed by atoms with van der Waals surface area (Å²) in [5, 5.41) is 6.76. The van der Waals surface area contributed by atoms with E-state index in [4.69, 9.17) is 23.8 Å². The first-order valence-electron chi connectivity index (χ1n) is 16.8. The molecule has 4 aromatic heterocycles. The standard InChI is InChI=1S/C45H25N3O2S/c1-2-10-26(11-3-1)43-46-44(28-18-20-31-30-12-4-7-15-36(30)49-38(31)25-28)48-45(47-43)34-22-21-29(41-33-14-5-8-16-37(33)50-42(34)41)27-19-23-40-35(24-27)32-13-6-9-17-39(32)51-40/h1-25H. The zero-order valence-corrected chi connectivity index (χ0v) is 27.8. The summed E-state index contributed by atoms with van der Waals surface area (Å²) in [4.78, 5) is 15.2. The van der Waals surface area contributed by atoms with Gasteiger partial charge in [-0.05, 0) is 59.7 Å². The van der Waals surface area contributed by atoms with Crippen molar-refractivity contribution in [1.82, 2.24) is 15.0 Å². The number of hydrogen-bond donors (Lipinski definition) is 0. The average molecular weight is 672 g/mol. The van der Waals surface area contributed by atoms with Crippen LogP contribution in [0.15, 0.2) is 160 Å². The normalized spacial score (nSPS) is 11.9. The third-order valence-electron chi connectivity index (χ3n) is 9.76. The molecule has 0 saturated carbocycles. The van der Waals surface area contributed by atoms with Gasteiger partial charge < -0.3 is 8.83 Å². The predicted octanol–water partition coefficient (Wildman–Crippen LogP) is 12.7. The molecule has 238 valence electrons. The zero-order chi connectivity index (χ0) is 33.5. The van der Waals surface area contributed by atoms with Gasteiger partial charge in [-0.3, -0.25) is 0 Å². The molecular formula is C45H25N3O2S. The molecule has 0 atom stereocenters. The first-order chi connectivity index (χ1) is 25.2. The van der Waals surface area contributed by atoms with Crippen LogP contribution in [0, 0.1) is 0 Å². The van der Waals surface area contributed by atoms with Crippen molar-refractivity contribution in [1.29, 1.82) is 0 Å². The Morgan fingerprint density at radius 2 is 1.00 bits per heavy atom. The largest absolute Gasteiger partial charge is 0.456 e.